The van der Waals surface area contributed by atoms with Gasteiger partial charge in [-0.15, -0.1) is 0 Å². The molecule has 0 amide bonds. The smallest absolute Gasteiger partial charge is 0.268 e. The minimum atomic E-state index is -2.75. The SMILES string of the molecule is O=c1c(I)cccn1C(F)F. The molecule has 1 aromatic heterocycles. The van der Waals surface area contributed by atoms with Crippen molar-refractivity contribution in [2.45, 2.75) is 6.55 Å². The molecule has 1 heterocycles. The zero-order valence-corrected chi connectivity index (χ0v) is 7.46. The highest BCUT2D eigenvalue weighted by Crippen LogP contribution is 2.06. The summed E-state index contributed by atoms with van der Waals surface area (Å²) in [5.41, 5.74) is -0.650. The van der Waals surface area contributed by atoms with Crippen LogP contribution in [0.4, 0.5) is 8.78 Å². The van der Waals surface area contributed by atoms with Gasteiger partial charge in [0.25, 0.3) is 5.56 Å². The molecule has 2 nitrogen and oxygen atoms in total. The van der Waals surface area contributed by atoms with Crippen LogP contribution in [0.15, 0.2) is 23.1 Å². The number of nitrogens with zero attached hydrogens (tertiary/aromatic N) is 1. The minimum absolute atomic E-state index is 0.297. The largest absolute Gasteiger partial charge is 0.321 e. The number of alkyl halides is 2. The van der Waals surface area contributed by atoms with Crippen LogP contribution in [0.5, 0.6) is 0 Å². The summed E-state index contributed by atoms with van der Waals surface area (Å²) in [5.74, 6) is 0. The van der Waals surface area contributed by atoms with E-state index < -0.39 is 12.1 Å². The molecule has 5 heteroatoms. The summed E-state index contributed by atoms with van der Waals surface area (Å²) in [5, 5.41) is 0. The summed E-state index contributed by atoms with van der Waals surface area (Å²) >= 11 is 1.72. The van der Waals surface area contributed by atoms with E-state index in [1.807, 2.05) is 0 Å². The lowest BCUT2D eigenvalue weighted by Gasteiger charge is -2.01. The number of pyridine rings is 1. The molecule has 0 atom stereocenters. The van der Waals surface area contributed by atoms with Crippen LogP contribution in [0.3, 0.4) is 0 Å². The first-order chi connectivity index (χ1) is 5.13. The van der Waals surface area contributed by atoms with Gasteiger partial charge in [-0.3, -0.25) is 9.36 Å². The third-order valence-corrected chi connectivity index (χ3v) is 1.96. The van der Waals surface area contributed by atoms with Crippen LogP contribution >= 0.6 is 22.6 Å². The minimum Gasteiger partial charge on any atom is -0.268 e. The summed E-state index contributed by atoms with van der Waals surface area (Å²) < 4.78 is 24.6. The predicted octanol–water partition coefficient (Wildman–Crippen LogP) is 1.85. The van der Waals surface area contributed by atoms with Gasteiger partial charge in [-0.05, 0) is 34.7 Å². The van der Waals surface area contributed by atoms with E-state index in [9.17, 15) is 13.6 Å². The molecule has 0 aromatic carbocycles. The summed E-state index contributed by atoms with van der Waals surface area (Å²) in [6, 6.07) is 2.90. The number of aromatic nitrogens is 1. The van der Waals surface area contributed by atoms with E-state index >= 15 is 0 Å². The molecule has 0 saturated heterocycles. The van der Waals surface area contributed by atoms with Crippen molar-refractivity contribution in [1.82, 2.24) is 4.57 Å². The van der Waals surface area contributed by atoms with Gasteiger partial charge in [0.2, 0.25) is 0 Å². The first kappa shape index (κ1) is 8.63. The second-order valence-corrected chi connectivity index (χ2v) is 3.01. The third-order valence-electron chi connectivity index (χ3n) is 1.14. The molecule has 0 N–H and O–H groups in total. The fourth-order valence-electron chi connectivity index (χ4n) is 0.636. The summed E-state index contributed by atoms with van der Waals surface area (Å²) in [6.45, 7) is -2.75. The van der Waals surface area contributed by atoms with E-state index in [1.54, 1.807) is 22.6 Å². The predicted molar refractivity (Wildman–Crippen MR) is 44.7 cm³/mol. The van der Waals surface area contributed by atoms with Gasteiger partial charge in [0.05, 0.1) is 3.57 Å². The molecule has 0 aliphatic carbocycles. The van der Waals surface area contributed by atoms with Gasteiger partial charge in [-0.1, -0.05) is 0 Å². The topological polar surface area (TPSA) is 22.0 Å². The van der Waals surface area contributed by atoms with E-state index in [-0.39, 0.29) is 0 Å². The summed E-state index contributed by atoms with van der Waals surface area (Å²) in [6.07, 6.45) is 1.06. The van der Waals surface area contributed by atoms with Gasteiger partial charge >= 0.3 is 6.55 Å². The highest BCUT2D eigenvalue weighted by molar-refractivity contribution is 14.1. The van der Waals surface area contributed by atoms with Gasteiger partial charge in [-0.2, -0.15) is 8.78 Å². The molecule has 0 unspecified atom stereocenters. The third kappa shape index (κ3) is 1.76. The Hall–Kier alpha value is -0.460. The standard InChI is InChI=1S/C6H4F2INO/c7-6(8)10-3-1-2-4(9)5(10)11/h1-3,6H. The van der Waals surface area contributed by atoms with Crippen LogP contribution in [0.2, 0.25) is 0 Å². The van der Waals surface area contributed by atoms with Crippen LogP contribution in [0.1, 0.15) is 6.55 Å². The molecule has 0 radical (unpaired) electrons. The van der Waals surface area contributed by atoms with Gasteiger partial charge in [0.15, 0.2) is 0 Å². The Morgan fingerprint density at radius 1 is 1.55 bits per heavy atom. The van der Waals surface area contributed by atoms with Crippen LogP contribution in [-0.4, -0.2) is 4.57 Å². The zero-order chi connectivity index (χ0) is 8.43. The second kappa shape index (κ2) is 3.29. The molecular formula is C6H4F2INO. The van der Waals surface area contributed by atoms with E-state index in [2.05, 4.69) is 0 Å². The molecular weight excluding hydrogens is 267 g/mol. The van der Waals surface area contributed by atoms with Gasteiger partial charge in [0, 0.05) is 6.20 Å². The number of rotatable bonds is 1. The molecule has 60 valence electrons. The molecule has 11 heavy (non-hydrogen) atoms. The Bertz CT molecular complexity index is 310. The van der Waals surface area contributed by atoms with Crippen molar-refractivity contribution in [3.8, 4) is 0 Å². The lowest BCUT2D eigenvalue weighted by atomic mass is 10.5. The molecule has 0 spiro atoms. The molecule has 1 aromatic rings. The summed E-state index contributed by atoms with van der Waals surface area (Å²) in [4.78, 5) is 10.9. The van der Waals surface area contributed by atoms with Crippen LogP contribution in [0, 0.1) is 3.57 Å². The van der Waals surface area contributed by atoms with Crippen LogP contribution in [0.25, 0.3) is 0 Å². The molecule has 1 rings (SSSR count). The maximum atomic E-state index is 12.0. The van der Waals surface area contributed by atoms with Crippen molar-refractivity contribution in [1.29, 1.82) is 0 Å². The molecule has 0 fully saturated rings. The lowest BCUT2D eigenvalue weighted by molar-refractivity contribution is 0.0661. The summed E-state index contributed by atoms with van der Waals surface area (Å²) in [7, 11) is 0. The first-order valence-electron chi connectivity index (χ1n) is 2.77. The van der Waals surface area contributed by atoms with Crippen molar-refractivity contribution in [2.24, 2.45) is 0 Å². The molecule has 0 aliphatic rings. The number of hydrogen-bond acceptors (Lipinski definition) is 1. The fraction of sp³-hybridized carbons (Fsp3) is 0.167. The maximum Gasteiger partial charge on any atom is 0.321 e. The highest BCUT2D eigenvalue weighted by Gasteiger charge is 2.07. The number of hydrogen-bond donors (Lipinski definition) is 0. The van der Waals surface area contributed by atoms with Gasteiger partial charge < -0.3 is 0 Å². The average molecular weight is 271 g/mol. The Kier molecular flexibility index (Phi) is 2.58. The highest BCUT2D eigenvalue weighted by atomic mass is 127. The Morgan fingerprint density at radius 2 is 2.18 bits per heavy atom. The van der Waals surface area contributed by atoms with Crippen molar-refractivity contribution >= 4 is 22.6 Å². The maximum absolute atomic E-state index is 12.0. The Morgan fingerprint density at radius 3 is 2.64 bits per heavy atom. The van der Waals surface area contributed by atoms with Crippen LogP contribution < -0.4 is 5.56 Å². The quantitative estimate of drug-likeness (QED) is 0.714. The van der Waals surface area contributed by atoms with Crippen molar-refractivity contribution in [3.05, 3.63) is 32.3 Å². The average Bonchev–Trinajstić information content (AvgIpc) is 1.94. The van der Waals surface area contributed by atoms with Crippen molar-refractivity contribution in [2.75, 3.05) is 0 Å². The second-order valence-electron chi connectivity index (χ2n) is 1.85. The first-order valence-corrected chi connectivity index (χ1v) is 3.85. The molecule has 0 saturated carbocycles. The molecule has 0 aliphatic heterocycles. The van der Waals surface area contributed by atoms with Crippen molar-refractivity contribution < 1.29 is 8.78 Å². The van der Waals surface area contributed by atoms with Gasteiger partial charge in [-0.25, -0.2) is 0 Å². The van der Waals surface area contributed by atoms with E-state index in [1.165, 1.54) is 12.1 Å². The lowest BCUT2D eigenvalue weighted by Crippen LogP contribution is -2.21. The Labute approximate surface area is 75.0 Å². The normalized spacial score (nSPS) is 10.5. The zero-order valence-electron chi connectivity index (χ0n) is 5.30. The van der Waals surface area contributed by atoms with E-state index in [0.717, 1.165) is 6.20 Å². The monoisotopic (exact) mass is 271 g/mol. The fourth-order valence-corrected chi connectivity index (χ4v) is 1.12. The molecule has 0 bridgehead atoms. The van der Waals surface area contributed by atoms with E-state index in [0.29, 0.717) is 8.14 Å². The van der Waals surface area contributed by atoms with Gasteiger partial charge in [0.1, 0.15) is 0 Å². The Balaban J connectivity index is 3.28. The van der Waals surface area contributed by atoms with Crippen LogP contribution in [-0.2, 0) is 0 Å². The number of halogens is 3. The van der Waals surface area contributed by atoms with Crippen molar-refractivity contribution in [3.63, 3.8) is 0 Å². The van der Waals surface area contributed by atoms with E-state index in [4.69, 9.17) is 0 Å².